The number of nitrogens with zero attached hydrogens (tertiary/aromatic N) is 4. The molecule has 2 heterocycles. The van der Waals surface area contributed by atoms with Crippen molar-refractivity contribution in [2.75, 3.05) is 26.7 Å². The molecule has 140 valence electrons. The first-order chi connectivity index (χ1) is 11.6. The second-order valence-electron chi connectivity index (χ2n) is 7.59. The van der Waals surface area contributed by atoms with Crippen LogP contribution in [0.2, 0.25) is 0 Å². The Labute approximate surface area is 148 Å². The predicted molar refractivity (Wildman–Crippen MR) is 90.9 cm³/mol. The molecule has 25 heavy (non-hydrogen) atoms. The molecule has 1 aromatic heterocycles. The highest BCUT2D eigenvalue weighted by molar-refractivity contribution is 5.77. The lowest BCUT2D eigenvalue weighted by molar-refractivity contribution is -0.130. The molecule has 1 fully saturated rings. The number of piperidine rings is 1. The zero-order valence-electron chi connectivity index (χ0n) is 15.7. The lowest BCUT2D eigenvalue weighted by Crippen LogP contribution is -2.44. The number of hydrogen-bond donors (Lipinski definition) is 0. The molecular formula is C17H28N4O4. The molecule has 0 bridgehead atoms. The molecule has 8 nitrogen and oxygen atoms in total. The Bertz CT molecular complexity index is 600. The minimum absolute atomic E-state index is 0.0321. The first-order valence-corrected chi connectivity index (χ1v) is 8.65. The fourth-order valence-electron chi connectivity index (χ4n) is 2.80. The minimum Gasteiger partial charge on any atom is -0.444 e. The lowest BCUT2D eigenvalue weighted by atomic mass is 9.96. The van der Waals surface area contributed by atoms with Crippen LogP contribution in [0.3, 0.4) is 0 Å². The molecule has 0 aliphatic carbocycles. The molecule has 0 saturated carbocycles. The van der Waals surface area contributed by atoms with Gasteiger partial charge in [-0.05, 0) is 39.5 Å². The summed E-state index contributed by atoms with van der Waals surface area (Å²) in [5, 5.41) is 3.75. The van der Waals surface area contributed by atoms with Crippen LogP contribution in [0.4, 0.5) is 4.79 Å². The van der Waals surface area contributed by atoms with Crippen molar-refractivity contribution in [3.8, 4) is 0 Å². The SMILES string of the molecule is Cc1nc(CC(=O)N(C)CC2CCN(C(=O)OC(C)(C)C)CC2)no1. The third-order valence-corrected chi connectivity index (χ3v) is 4.10. The van der Waals surface area contributed by atoms with Crippen LogP contribution in [0.5, 0.6) is 0 Å². The van der Waals surface area contributed by atoms with Crippen LogP contribution in [0, 0.1) is 12.8 Å². The molecule has 1 saturated heterocycles. The summed E-state index contributed by atoms with van der Waals surface area (Å²) >= 11 is 0. The number of likely N-dealkylation sites (N-methyl/N-ethyl adjacent to an activating group) is 1. The van der Waals surface area contributed by atoms with Gasteiger partial charge in [-0.25, -0.2) is 4.79 Å². The second-order valence-corrected chi connectivity index (χ2v) is 7.59. The highest BCUT2D eigenvalue weighted by Gasteiger charge is 2.28. The Kier molecular flexibility index (Phi) is 6.02. The Morgan fingerprint density at radius 2 is 1.96 bits per heavy atom. The van der Waals surface area contributed by atoms with Crippen molar-refractivity contribution < 1.29 is 18.8 Å². The van der Waals surface area contributed by atoms with Crippen LogP contribution in [-0.2, 0) is 16.0 Å². The summed E-state index contributed by atoms with van der Waals surface area (Å²) in [7, 11) is 1.79. The number of aryl methyl sites for hydroxylation is 1. The topological polar surface area (TPSA) is 88.8 Å². The summed E-state index contributed by atoms with van der Waals surface area (Å²) in [5.41, 5.74) is -0.478. The number of hydrogen-bond acceptors (Lipinski definition) is 6. The summed E-state index contributed by atoms with van der Waals surface area (Å²) in [6.07, 6.45) is 1.60. The third-order valence-electron chi connectivity index (χ3n) is 4.10. The van der Waals surface area contributed by atoms with Gasteiger partial charge in [-0.1, -0.05) is 5.16 Å². The van der Waals surface area contributed by atoms with Crippen molar-refractivity contribution in [2.45, 2.75) is 52.6 Å². The molecule has 1 aromatic rings. The van der Waals surface area contributed by atoms with Gasteiger partial charge in [0.25, 0.3) is 0 Å². The van der Waals surface area contributed by atoms with E-state index in [4.69, 9.17) is 9.26 Å². The van der Waals surface area contributed by atoms with Crippen molar-refractivity contribution in [2.24, 2.45) is 5.92 Å². The lowest BCUT2D eigenvalue weighted by Gasteiger charge is -2.34. The van der Waals surface area contributed by atoms with E-state index < -0.39 is 5.60 Å². The molecular weight excluding hydrogens is 324 g/mol. The number of amides is 2. The van der Waals surface area contributed by atoms with Crippen LogP contribution in [0.1, 0.15) is 45.3 Å². The Balaban J connectivity index is 1.75. The molecule has 0 spiro atoms. The van der Waals surface area contributed by atoms with Crippen molar-refractivity contribution in [1.82, 2.24) is 19.9 Å². The van der Waals surface area contributed by atoms with Gasteiger partial charge in [0.15, 0.2) is 5.82 Å². The van der Waals surface area contributed by atoms with Crippen LogP contribution in [0.25, 0.3) is 0 Å². The number of ether oxygens (including phenoxy) is 1. The van der Waals surface area contributed by atoms with E-state index in [1.54, 1.807) is 23.8 Å². The van der Waals surface area contributed by atoms with Gasteiger partial charge in [-0.15, -0.1) is 0 Å². The predicted octanol–water partition coefficient (Wildman–Crippen LogP) is 2.03. The van der Waals surface area contributed by atoms with Crippen LogP contribution in [0.15, 0.2) is 4.52 Å². The summed E-state index contributed by atoms with van der Waals surface area (Å²) in [6, 6.07) is 0. The zero-order chi connectivity index (χ0) is 18.6. The monoisotopic (exact) mass is 352 g/mol. The number of rotatable bonds is 4. The van der Waals surface area contributed by atoms with E-state index >= 15 is 0 Å². The van der Waals surface area contributed by atoms with Crippen LogP contribution < -0.4 is 0 Å². The normalized spacial score (nSPS) is 16.0. The molecule has 1 aliphatic rings. The third kappa shape index (κ3) is 6.03. The molecule has 1 aliphatic heterocycles. The van der Waals surface area contributed by atoms with E-state index in [9.17, 15) is 9.59 Å². The first kappa shape index (κ1) is 19.2. The Hall–Kier alpha value is -2.12. The van der Waals surface area contributed by atoms with E-state index in [0.29, 0.717) is 37.3 Å². The van der Waals surface area contributed by atoms with E-state index in [-0.39, 0.29) is 18.4 Å². The highest BCUT2D eigenvalue weighted by Crippen LogP contribution is 2.20. The molecule has 2 rings (SSSR count). The maximum atomic E-state index is 12.2. The van der Waals surface area contributed by atoms with Gasteiger partial charge in [0.1, 0.15) is 5.60 Å². The van der Waals surface area contributed by atoms with Crippen molar-refractivity contribution >= 4 is 12.0 Å². The molecule has 0 unspecified atom stereocenters. The fourth-order valence-corrected chi connectivity index (χ4v) is 2.80. The maximum absolute atomic E-state index is 12.2. The first-order valence-electron chi connectivity index (χ1n) is 8.65. The second kappa shape index (κ2) is 7.84. The largest absolute Gasteiger partial charge is 0.444 e. The summed E-state index contributed by atoms with van der Waals surface area (Å²) in [4.78, 5) is 31.8. The molecule has 0 N–H and O–H groups in total. The van der Waals surface area contributed by atoms with Crippen molar-refractivity contribution in [3.63, 3.8) is 0 Å². The van der Waals surface area contributed by atoms with Gasteiger partial charge >= 0.3 is 6.09 Å². The van der Waals surface area contributed by atoms with Gasteiger partial charge in [-0.3, -0.25) is 4.79 Å². The van der Waals surface area contributed by atoms with E-state index in [1.807, 2.05) is 20.8 Å². The standard InChI is InChI=1S/C17H28N4O4/c1-12-18-14(19-25-12)10-15(22)20(5)11-13-6-8-21(9-7-13)16(23)24-17(2,3)4/h13H,6-11H2,1-5H3. The number of carbonyl (C=O) groups excluding carboxylic acids is 2. The fraction of sp³-hybridized carbons (Fsp3) is 0.765. The highest BCUT2D eigenvalue weighted by atomic mass is 16.6. The Morgan fingerprint density at radius 1 is 1.32 bits per heavy atom. The summed E-state index contributed by atoms with van der Waals surface area (Å²) in [6.45, 7) is 9.27. The van der Waals surface area contributed by atoms with Crippen LogP contribution >= 0.6 is 0 Å². The minimum atomic E-state index is -0.478. The number of aromatic nitrogens is 2. The smallest absolute Gasteiger partial charge is 0.410 e. The van der Waals surface area contributed by atoms with Gasteiger partial charge in [0.05, 0.1) is 6.42 Å². The Morgan fingerprint density at radius 3 is 2.48 bits per heavy atom. The van der Waals surface area contributed by atoms with Crippen molar-refractivity contribution in [1.29, 1.82) is 0 Å². The number of likely N-dealkylation sites (tertiary alicyclic amines) is 1. The molecule has 0 aromatic carbocycles. The van der Waals surface area contributed by atoms with E-state index in [0.717, 1.165) is 12.8 Å². The van der Waals surface area contributed by atoms with Gasteiger partial charge in [0.2, 0.25) is 11.8 Å². The maximum Gasteiger partial charge on any atom is 0.410 e. The molecule has 0 atom stereocenters. The average Bonchev–Trinajstić information content (AvgIpc) is 2.91. The van der Waals surface area contributed by atoms with Gasteiger partial charge < -0.3 is 19.1 Å². The zero-order valence-corrected chi connectivity index (χ0v) is 15.7. The summed E-state index contributed by atoms with van der Waals surface area (Å²) < 4.78 is 10.3. The molecule has 2 amide bonds. The molecule has 8 heteroatoms. The van der Waals surface area contributed by atoms with Crippen LogP contribution in [-0.4, -0.2) is 64.2 Å². The van der Waals surface area contributed by atoms with E-state index in [2.05, 4.69) is 10.1 Å². The van der Waals surface area contributed by atoms with Crippen molar-refractivity contribution in [3.05, 3.63) is 11.7 Å². The van der Waals surface area contributed by atoms with Gasteiger partial charge in [0, 0.05) is 33.6 Å². The molecule has 0 radical (unpaired) electrons. The number of carbonyl (C=O) groups is 2. The average molecular weight is 352 g/mol. The van der Waals surface area contributed by atoms with Gasteiger partial charge in [-0.2, -0.15) is 4.98 Å². The van der Waals surface area contributed by atoms with E-state index in [1.165, 1.54) is 0 Å². The summed E-state index contributed by atoms with van der Waals surface area (Å²) in [5.74, 6) is 1.21. The quantitative estimate of drug-likeness (QED) is 0.824.